The van der Waals surface area contributed by atoms with Crippen molar-refractivity contribution >= 4 is 28.0 Å². The van der Waals surface area contributed by atoms with Gasteiger partial charge in [0.2, 0.25) is 5.95 Å². The quantitative estimate of drug-likeness (QED) is 0.709. The second-order valence-electron chi connectivity index (χ2n) is 6.04. The summed E-state index contributed by atoms with van der Waals surface area (Å²) >= 11 is 0. The van der Waals surface area contributed by atoms with Crippen molar-refractivity contribution < 1.29 is 27.5 Å². The lowest BCUT2D eigenvalue weighted by Gasteiger charge is -2.15. The molecular weight excluding hydrogens is 388 g/mol. The SMILES string of the molecule is Cc1cc(C)nc(NC(=O)NS(=O)(=O)c2ccccc2OC2CCOC2=O)n1. The minimum Gasteiger partial charge on any atom is -0.477 e. The van der Waals surface area contributed by atoms with Crippen LogP contribution in [-0.2, 0) is 19.6 Å². The Morgan fingerprint density at radius 2 is 1.89 bits per heavy atom. The van der Waals surface area contributed by atoms with Crippen molar-refractivity contribution in [1.82, 2.24) is 14.7 Å². The lowest BCUT2D eigenvalue weighted by Crippen LogP contribution is -2.35. The van der Waals surface area contributed by atoms with E-state index < -0.39 is 28.1 Å². The van der Waals surface area contributed by atoms with E-state index in [-0.39, 0.29) is 23.2 Å². The third-order valence-corrected chi connectivity index (χ3v) is 5.10. The predicted molar refractivity (Wildman–Crippen MR) is 97.3 cm³/mol. The van der Waals surface area contributed by atoms with Crippen LogP contribution in [0.1, 0.15) is 17.8 Å². The molecule has 1 atom stereocenters. The van der Waals surface area contributed by atoms with Gasteiger partial charge in [-0.25, -0.2) is 32.7 Å². The third kappa shape index (κ3) is 4.55. The number of hydrogen-bond donors (Lipinski definition) is 2. The van der Waals surface area contributed by atoms with Crippen molar-refractivity contribution in [3.63, 3.8) is 0 Å². The summed E-state index contributed by atoms with van der Waals surface area (Å²) in [5.74, 6) is -0.650. The van der Waals surface area contributed by atoms with Gasteiger partial charge in [-0.3, -0.25) is 5.32 Å². The van der Waals surface area contributed by atoms with Crippen molar-refractivity contribution in [2.45, 2.75) is 31.3 Å². The van der Waals surface area contributed by atoms with Crippen LogP contribution in [0.2, 0.25) is 0 Å². The molecule has 1 unspecified atom stereocenters. The maximum absolute atomic E-state index is 12.6. The zero-order valence-electron chi connectivity index (χ0n) is 15.1. The number of urea groups is 1. The summed E-state index contributed by atoms with van der Waals surface area (Å²) in [7, 11) is -4.28. The molecule has 2 amide bonds. The van der Waals surface area contributed by atoms with Crippen LogP contribution in [0.15, 0.2) is 35.2 Å². The molecule has 11 heteroatoms. The van der Waals surface area contributed by atoms with Gasteiger partial charge in [-0.1, -0.05) is 12.1 Å². The number of esters is 1. The number of aryl methyl sites for hydroxylation is 2. The second kappa shape index (κ2) is 7.80. The third-order valence-electron chi connectivity index (χ3n) is 3.73. The standard InChI is InChI=1S/C17H18N4O6S/c1-10-9-11(2)19-16(18-10)20-17(23)21-28(24,25)14-6-4-3-5-12(14)27-13-7-8-26-15(13)22/h3-6,9,13H,7-8H2,1-2H3,(H2,18,19,20,21,23). The average Bonchev–Trinajstić information content (AvgIpc) is 2.98. The van der Waals surface area contributed by atoms with Gasteiger partial charge in [0, 0.05) is 17.8 Å². The maximum atomic E-state index is 12.6. The van der Waals surface area contributed by atoms with E-state index in [0.717, 1.165) is 0 Å². The number of sulfonamides is 1. The molecule has 148 valence electrons. The van der Waals surface area contributed by atoms with Crippen LogP contribution in [0.4, 0.5) is 10.7 Å². The zero-order valence-corrected chi connectivity index (χ0v) is 15.9. The van der Waals surface area contributed by atoms with E-state index in [9.17, 15) is 18.0 Å². The molecule has 1 fully saturated rings. The minimum atomic E-state index is -4.28. The van der Waals surface area contributed by atoms with Crippen LogP contribution in [-0.4, -0.2) is 43.1 Å². The molecule has 2 N–H and O–H groups in total. The molecule has 1 aromatic heterocycles. The highest BCUT2D eigenvalue weighted by Crippen LogP contribution is 2.26. The fraction of sp³-hybridized carbons (Fsp3) is 0.294. The number of cyclic esters (lactones) is 1. The van der Waals surface area contributed by atoms with Crippen molar-refractivity contribution in [1.29, 1.82) is 0 Å². The van der Waals surface area contributed by atoms with Gasteiger partial charge in [-0.05, 0) is 32.0 Å². The number of aromatic nitrogens is 2. The minimum absolute atomic E-state index is 0.0246. The topological polar surface area (TPSA) is 137 Å². The molecule has 1 saturated heterocycles. The number of nitrogens with one attached hydrogen (secondary N) is 2. The normalized spacial score (nSPS) is 16.4. The molecule has 1 aliphatic heterocycles. The first kappa shape index (κ1) is 19.5. The Morgan fingerprint density at radius 1 is 1.21 bits per heavy atom. The van der Waals surface area contributed by atoms with Crippen LogP contribution in [0, 0.1) is 13.8 Å². The Hall–Kier alpha value is -3.21. The Labute approximate surface area is 161 Å². The number of hydrogen-bond acceptors (Lipinski definition) is 8. The summed E-state index contributed by atoms with van der Waals surface area (Å²) in [6.07, 6.45) is -0.584. The van der Waals surface area contributed by atoms with Crippen molar-refractivity contribution in [2.75, 3.05) is 11.9 Å². The number of carbonyl (C=O) groups excluding carboxylic acids is 2. The van der Waals surface area contributed by atoms with Gasteiger partial charge >= 0.3 is 12.0 Å². The Bertz CT molecular complexity index is 1000. The maximum Gasteiger partial charge on any atom is 0.347 e. The molecule has 10 nitrogen and oxygen atoms in total. The van der Waals surface area contributed by atoms with Crippen LogP contribution in [0.3, 0.4) is 0 Å². The van der Waals surface area contributed by atoms with E-state index in [1.165, 1.54) is 18.2 Å². The summed E-state index contributed by atoms with van der Waals surface area (Å²) < 4.78 is 37.4. The van der Waals surface area contributed by atoms with Gasteiger partial charge in [-0.2, -0.15) is 0 Å². The lowest BCUT2D eigenvalue weighted by atomic mass is 10.3. The molecule has 0 spiro atoms. The monoisotopic (exact) mass is 406 g/mol. The number of benzene rings is 1. The summed E-state index contributed by atoms with van der Waals surface area (Å²) in [5.41, 5.74) is 1.24. The van der Waals surface area contributed by atoms with E-state index in [2.05, 4.69) is 15.3 Å². The van der Waals surface area contributed by atoms with Crippen molar-refractivity contribution in [2.24, 2.45) is 0 Å². The van der Waals surface area contributed by atoms with E-state index in [1.54, 1.807) is 26.0 Å². The molecule has 2 heterocycles. The molecule has 0 bridgehead atoms. The number of nitrogens with zero attached hydrogens (tertiary/aromatic N) is 2. The average molecular weight is 406 g/mol. The summed E-state index contributed by atoms with van der Waals surface area (Å²) in [6.45, 7) is 3.64. The van der Waals surface area contributed by atoms with Crippen molar-refractivity contribution in [3.8, 4) is 5.75 Å². The number of para-hydroxylation sites is 1. The van der Waals surface area contributed by atoms with Crippen molar-refractivity contribution in [3.05, 3.63) is 41.7 Å². The zero-order chi connectivity index (χ0) is 20.3. The fourth-order valence-corrected chi connectivity index (χ4v) is 3.64. The molecule has 1 aliphatic rings. The van der Waals surface area contributed by atoms with Gasteiger partial charge < -0.3 is 9.47 Å². The summed E-state index contributed by atoms with van der Waals surface area (Å²) in [5, 5.41) is 2.28. The molecule has 0 saturated carbocycles. The molecule has 1 aromatic carbocycles. The fourth-order valence-electron chi connectivity index (χ4n) is 2.59. The van der Waals surface area contributed by atoms with Crippen LogP contribution >= 0.6 is 0 Å². The van der Waals surface area contributed by atoms with Crippen LogP contribution in [0.5, 0.6) is 5.75 Å². The van der Waals surface area contributed by atoms with E-state index in [1.807, 2.05) is 4.72 Å². The lowest BCUT2D eigenvalue weighted by molar-refractivity contribution is -0.143. The largest absolute Gasteiger partial charge is 0.477 e. The van der Waals surface area contributed by atoms with E-state index >= 15 is 0 Å². The number of rotatable bonds is 5. The Kier molecular flexibility index (Phi) is 5.45. The highest BCUT2D eigenvalue weighted by atomic mass is 32.2. The highest BCUT2D eigenvalue weighted by Gasteiger charge is 2.31. The van der Waals surface area contributed by atoms with Gasteiger partial charge in [-0.15, -0.1) is 0 Å². The first-order valence-corrected chi connectivity index (χ1v) is 9.81. The predicted octanol–water partition coefficient (Wildman–Crippen LogP) is 1.30. The van der Waals surface area contributed by atoms with E-state index in [0.29, 0.717) is 17.8 Å². The van der Waals surface area contributed by atoms with Gasteiger partial charge in [0.15, 0.2) is 6.10 Å². The number of ether oxygens (including phenoxy) is 2. The second-order valence-corrected chi connectivity index (χ2v) is 7.69. The van der Waals surface area contributed by atoms with Gasteiger partial charge in [0.05, 0.1) is 6.61 Å². The first-order chi connectivity index (χ1) is 13.2. The molecule has 0 aliphatic carbocycles. The smallest absolute Gasteiger partial charge is 0.347 e. The molecule has 28 heavy (non-hydrogen) atoms. The summed E-state index contributed by atoms with van der Waals surface area (Å²) in [6, 6.07) is 6.36. The molecule has 2 aromatic rings. The Morgan fingerprint density at radius 3 is 2.54 bits per heavy atom. The number of anilines is 1. The van der Waals surface area contributed by atoms with Gasteiger partial charge in [0.1, 0.15) is 10.6 Å². The van der Waals surface area contributed by atoms with Gasteiger partial charge in [0.25, 0.3) is 10.0 Å². The van der Waals surface area contributed by atoms with E-state index in [4.69, 9.17) is 9.47 Å². The highest BCUT2D eigenvalue weighted by molar-refractivity contribution is 7.90. The first-order valence-electron chi connectivity index (χ1n) is 8.33. The molecule has 3 rings (SSSR count). The number of carbonyl (C=O) groups is 2. The van der Waals surface area contributed by atoms with Crippen LogP contribution in [0.25, 0.3) is 0 Å². The molecule has 0 radical (unpaired) electrons. The molecular formula is C17H18N4O6S. The number of amides is 2. The summed E-state index contributed by atoms with van der Waals surface area (Å²) in [4.78, 5) is 31.5. The van der Waals surface area contributed by atoms with Crippen LogP contribution < -0.4 is 14.8 Å². The Balaban J connectivity index is 1.77.